The Morgan fingerprint density at radius 3 is 2.70 bits per heavy atom. The number of hydrogen-bond donors (Lipinski definition) is 1. The summed E-state index contributed by atoms with van der Waals surface area (Å²) >= 11 is 0. The molecule has 1 aromatic carbocycles. The number of tetrazole rings is 1. The Morgan fingerprint density at radius 2 is 2.03 bits per heavy atom. The molecule has 0 aliphatic carbocycles. The number of hydrogen-bond acceptors (Lipinski definition) is 7. The van der Waals surface area contributed by atoms with Crippen LogP contribution in [0.5, 0.6) is 0 Å². The molecule has 9 nitrogen and oxygen atoms in total. The van der Waals surface area contributed by atoms with Crippen molar-refractivity contribution in [3.8, 4) is 0 Å². The topological polar surface area (TPSA) is 115 Å². The number of halogens is 3. The molecule has 0 aliphatic rings. The van der Waals surface area contributed by atoms with Gasteiger partial charge in [0.05, 0.1) is 28.8 Å². The van der Waals surface area contributed by atoms with Crippen molar-refractivity contribution in [1.82, 2.24) is 34.9 Å². The minimum absolute atomic E-state index is 0.0613. The van der Waals surface area contributed by atoms with Crippen molar-refractivity contribution in [3.63, 3.8) is 0 Å². The lowest BCUT2D eigenvalue weighted by Crippen LogP contribution is -2.30. The van der Waals surface area contributed by atoms with Gasteiger partial charge in [0.1, 0.15) is 0 Å². The van der Waals surface area contributed by atoms with Crippen LogP contribution in [-0.4, -0.2) is 47.4 Å². The van der Waals surface area contributed by atoms with Gasteiger partial charge in [0, 0.05) is 18.3 Å². The van der Waals surface area contributed by atoms with Crippen LogP contribution in [0, 0.1) is 0 Å². The quantitative estimate of drug-likeness (QED) is 0.543. The molecular weight excluding hydrogens is 401 g/mol. The molecule has 4 aromatic rings. The molecule has 0 unspecified atom stereocenters. The number of amides is 1. The van der Waals surface area contributed by atoms with Crippen molar-refractivity contribution in [1.29, 1.82) is 0 Å². The summed E-state index contributed by atoms with van der Waals surface area (Å²) in [5, 5.41) is 11.3. The van der Waals surface area contributed by atoms with Crippen molar-refractivity contribution in [2.45, 2.75) is 19.6 Å². The van der Waals surface area contributed by atoms with E-state index in [1.807, 2.05) is 0 Å². The number of carbonyl (C=O) groups is 1. The molecule has 0 spiro atoms. The Balaban J connectivity index is 1.63. The maximum Gasteiger partial charge on any atom is 0.417 e. The number of aromatic nitrogens is 6. The van der Waals surface area contributed by atoms with Gasteiger partial charge in [-0.15, -0.1) is 5.10 Å². The average molecular weight is 416 g/mol. The zero-order valence-corrected chi connectivity index (χ0v) is 15.6. The van der Waals surface area contributed by atoms with E-state index in [1.54, 1.807) is 25.1 Å². The zero-order valence-electron chi connectivity index (χ0n) is 15.6. The standard InChI is InChI=1S/C18H15F3N8O/c1-2-28(9-12-5-4-11(8-23-12)18(19,20)21)17(30)10-3-6-13-14(7-10)29-16(15(22)24-13)25-26-27-29/h3-8H,2,9H2,1H3,(H2,22,24). The van der Waals surface area contributed by atoms with Gasteiger partial charge < -0.3 is 10.6 Å². The second-order valence-corrected chi connectivity index (χ2v) is 6.47. The lowest BCUT2D eigenvalue weighted by atomic mass is 10.1. The minimum atomic E-state index is -4.46. The lowest BCUT2D eigenvalue weighted by molar-refractivity contribution is -0.137. The molecule has 0 aliphatic heterocycles. The number of benzene rings is 1. The second-order valence-electron chi connectivity index (χ2n) is 6.47. The van der Waals surface area contributed by atoms with E-state index in [0.29, 0.717) is 28.8 Å². The maximum absolute atomic E-state index is 13.0. The fourth-order valence-electron chi connectivity index (χ4n) is 3.00. The number of nitrogens with zero attached hydrogens (tertiary/aromatic N) is 7. The first kappa shape index (κ1) is 19.5. The number of carbonyl (C=O) groups excluding carboxylic acids is 1. The van der Waals surface area contributed by atoms with Crippen LogP contribution < -0.4 is 5.73 Å². The number of fused-ring (bicyclic) bond motifs is 3. The Hall–Kier alpha value is -3.83. The summed E-state index contributed by atoms with van der Waals surface area (Å²) in [7, 11) is 0. The summed E-state index contributed by atoms with van der Waals surface area (Å²) in [5.74, 6) is -0.158. The van der Waals surface area contributed by atoms with E-state index in [2.05, 4.69) is 25.5 Å². The molecule has 0 bridgehead atoms. The van der Waals surface area contributed by atoms with Crippen LogP contribution >= 0.6 is 0 Å². The molecule has 0 fully saturated rings. The van der Waals surface area contributed by atoms with Crippen LogP contribution in [-0.2, 0) is 12.7 Å². The molecule has 3 heterocycles. The lowest BCUT2D eigenvalue weighted by Gasteiger charge is -2.21. The molecule has 154 valence electrons. The van der Waals surface area contributed by atoms with Gasteiger partial charge in [-0.2, -0.15) is 17.7 Å². The van der Waals surface area contributed by atoms with Crippen LogP contribution in [0.3, 0.4) is 0 Å². The highest BCUT2D eigenvalue weighted by Gasteiger charge is 2.30. The second kappa shape index (κ2) is 7.21. The molecule has 0 radical (unpaired) electrons. The smallest absolute Gasteiger partial charge is 0.380 e. The van der Waals surface area contributed by atoms with E-state index in [4.69, 9.17) is 5.73 Å². The molecule has 12 heteroatoms. The summed E-state index contributed by atoms with van der Waals surface area (Å²) in [6.45, 7) is 2.16. The van der Waals surface area contributed by atoms with Crippen LogP contribution in [0.4, 0.5) is 19.0 Å². The zero-order chi connectivity index (χ0) is 21.5. The third-order valence-electron chi connectivity index (χ3n) is 4.56. The van der Waals surface area contributed by atoms with Crippen molar-refractivity contribution in [2.75, 3.05) is 12.3 Å². The van der Waals surface area contributed by atoms with Crippen LogP contribution in [0.2, 0.25) is 0 Å². The average Bonchev–Trinajstić information content (AvgIpc) is 3.22. The largest absolute Gasteiger partial charge is 0.417 e. The van der Waals surface area contributed by atoms with Gasteiger partial charge in [0.15, 0.2) is 5.82 Å². The van der Waals surface area contributed by atoms with Crippen LogP contribution in [0.25, 0.3) is 16.7 Å². The van der Waals surface area contributed by atoms with Gasteiger partial charge >= 0.3 is 6.18 Å². The molecular formula is C18H15F3N8O. The first-order chi connectivity index (χ1) is 14.3. The van der Waals surface area contributed by atoms with Crippen molar-refractivity contribution >= 4 is 28.4 Å². The highest BCUT2D eigenvalue weighted by Crippen LogP contribution is 2.28. The molecule has 1 amide bonds. The van der Waals surface area contributed by atoms with Crippen LogP contribution in [0.1, 0.15) is 28.5 Å². The Labute approximate surface area is 167 Å². The molecule has 2 N–H and O–H groups in total. The molecule has 3 aromatic heterocycles. The predicted molar refractivity (Wildman–Crippen MR) is 100 cm³/mol. The van der Waals surface area contributed by atoms with E-state index in [-0.39, 0.29) is 23.9 Å². The van der Waals surface area contributed by atoms with E-state index in [9.17, 15) is 18.0 Å². The van der Waals surface area contributed by atoms with E-state index < -0.39 is 11.7 Å². The molecule has 0 saturated heterocycles. The van der Waals surface area contributed by atoms with Gasteiger partial charge in [-0.25, -0.2) is 4.98 Å². The fourth-order valence-corrected chi connectivity index (χ4v) is 3.00. The van der Waals surface area contributed by atoms with Crippen LogP contribution in [0.15, 0.2) is 36.5 Å². The Morgan fingerprint density at radius 1 is 1.23 bits per heavy atom. The minimum Gasteiger partial charge on any atom is -0.380 e. The Bertz CT molecular complexity index is 1240. The van der Waals surface area contributed by atoms with E-state index in [1.165, 1.54) is 15.5 Å². The van der Waals surface area contributed by atoms with Gasteiger partial charge in [-0.05, 0) is 47.7 Å². The van der Waals surface area contributed by atoms with E-state index in [0.717, 1.165) is 12.3 Å². The number of rotatable bonds is 4. The highest BCUT2D eigenvalue weighted by molar-refractivity contribution is 5.97. The number of nitrogen functional groups attached to an aromatic ring is 1. The summed E-state index contributed by atoms with van der Waals surface area (Å²) in [4.78, 5) is 22.5. The highest BCUT2D eigenvalue weighted by atomic mass is 19.4. The first-order valence-corrected chi connectivity index (χ1v) is 8.86. The van der Waals surface area contributed by atoms with Crippen molar-refractivity contribution in [2.24, 2.45) is 0 Å². The first-order valence-electron chi connectivity index (χ1n) is 8.86. The SMILES string of the molecule is CCN(Cc1ccc(C(F)(F)F)cn1)C(=O)c1ccc2nc(N)c3nnnn3c2c1. The van der Waals surface area contributed by atoms with Gasteiger partial charge in [0.25, 0.3) is 5.91 Å². The maximum atomic E-state index is 13.0. The summed E-state index contributed by atoms with van der Waals surface area (Å²) in [6, 6.07) is 7.02. The third kappa shape index (κ3) is 3.47. The van der Waals surface area contributed by atoms with Crippen molar-refractivity contribution < 1.29 is 18.0 Å². The molecule has 0 atom stereocenters. The normalized spacial score (nSPS) is 11.9. The Kier molecular flexibility index (Phi) is 4.68. The number of nitrogens with two attached hydrogens (primary N) is 1. The molecule has 0 saturated carbocycles. The molecule has 4 rings (SSSR count). The third-order valence-corrected chi connectivity index (χ3v) is 4.56. The van der Waals surface area contributed by atoms with Gasteiger partial charge in [-0.1, -0.05) is 0 Å². The monoisotopic (exact) mass is 416 g/mol. The fraction of sp³-hybridized carbons (Fsp3) is 0.222. The number of alkyl halides is 3. The summed E-state index contributed by atoms with van der Waals surface area (Å²) in [5.41, 5.74) is 6.96. The van der Waals surface area contributed by atoms with Gasteiger partial charge in [0.2, 0.25) is 5.65 Å². The van der Waals surface area contributed by atoms with E-state index >= 15 is 0 Å². The number of pyridine rings is 1. The summed E-state index contributed by atoms with van der Waals surface area (Å²) < 4.78 is 39.5. The predicted octanol–water partition coefficient (Wildman–Crippen LogP) is 2.33. The summed E-state index contributed by atoms with van der Waals surface area (Å²) in [6.07, 6.45) is -3.70. The van der Waals surface area contributed by atoms with Crippen molar-refractivity contribution in [3.05, 3.63) is 53.3 Å². The number of anilines is 1. The van der Waals surface area contributed by atoms with Gasteiger partial charge in [-0.3, -0.25) is 9.78 Å². The molecule has 30 heavy (non-hydrogen) atoms.